The minimum absolute atomic E-state index is 0.0826. The van der Waals surface area contributed by atoms with Crippen LogP contribution >= 0.6 is 0 Å². The fourth-order valence-corrected chi connectivity index (χ4v) is 5.13. The molecule has 1 amide bonds. The summed E-state index contributed by atoms with van der Waals surface area (Å²) < 4.78 is 1.61. The lowest BCUT2D eigenvalue weighted by Gasteiger charge is -2.55. The number of amides is 1. The van der Waals surface area contributed by atoms with Gasteiger partial charge in [0.1, 0.15) is 0 Å². The van der Waals surface area contributed by atoms with Gasteiger partial charge in [0.15, 0.2) is 5.82 Å². The van der Waals surface area contributed by atoms with Crippen molar-refractivity contribution in [1.29, 1.82) is 0 Å². The Morgan fingerprint density at radius 1 is 1.25 bits per heavy atom. The van der Waals surface area contributed by atoms with E-state index in [1.807, 2.05) is 0 Å². The molecule has 6 nitrogen and oxygen atoms in total. The highest BCUT2D eigenvalue weighted by molar-refractivity contribution is 5.83. The van der Waals surface area contributed by atoms with Crippen molar-refractivity contribution in [1.82, 2.24) is 25.5 Å². The summed E-state index contributed by atoms with van der Waals surface area (Å²) in [6.07, 6.45) is 7.38. The Balaban J connectivity index is 1.47. The normalized spacial score (nSPS) is 38.1. The number of carbonyl (C=O) groups excluding carboxylic acids is 1. The van der Waals surface area contributed by atoms with E-state index in [0.717, 1.165) is 37.0 Å². The second kappa shape index (κ2) is 4.27. The molecule has 6 heteroatoms. The molecule has 4 aliphatic carbocycles. The predicted molar refractivity (Wildman–Crippen MR) is 71.2 cm³/mol. The number of carbonyl (C=O) groups is 1. The Morgan fingerprint density at radius 3 is 2.35 bits per heavy atom. The number of aryl methyl sites for hydroxylation is 1. The van der Waals surface area contributed by atoms with Gasteiger partial charge >= 0.3 is 0 Å². The molecule has 1 N–H and O–H groups in total. The highest BCUT2D eigenvalue weighted by atomic mass is 16.2. The van der Waals surface area contributed by atoms with Crippen LogP contribution in [0.15, 0.2) is 0 Å². The van der Waals surface area contributed by atoms with Gasteiger partial charge in [-0.1, -0.05) is 0 Å². The lowest BCUT2D eigenvalue weighted by Crippen LogP contribution is -2.53. The molecule has 0 aliphatic heterocycles. The second-order valence-corrected chi connectivity index (χ2v) is 7.10. The van der Waals surface area contributed by atoms with E-state index in [4.69, 9.17) is 0 Å². The Bertz CT molecular complexity index is 502. The molecule has 4 aliphatic rings. The molecule has 5 rings (SSSR count). The lowest BCUT2D eigenvalue weighted by molar-refractivity contribution is -0.146. The molecule has 4 saturated carbocycles. The van der Waals surface area contributed by atoms with Crippen molar-refractivity contribution < 1.29 is 4.79 Å². The van der Waals surface area contributed by atoms with Crippen LogP contribution in [0.4, 0.5) is 0 Å². The third kappa shape index (κ3) is 1.84. The maximum absolute atomic E-state index is 12.7. The van der Waals surface area contributed by atoms with Crippen LogP contribution in [0.1, 0.15) is 44.3 Å². The zero-order valence-electron chi connectivity index (χ0n) is 11.9. The van der Waals surface area contributed by atoms with Gasteiger partial charge in [-0.25, -0.2) is 4.68 Å². The minimum atomic E-state index is -0.0826. The quantitative estimate of drug-likeness (QED) is 0.894. The van der Waals surface area contributed by atoms with E-state index in [1.54, 1.807) is 11.7 Å². The monoisotopic (exact) mass is 275 g/mol. The van der Waals surface area contributed by atoms with Crippen molar-refractivity contribution >= 4 is 5.91 Å². The van der Waals surface area contributed by atoms with Crippen LogP contribution in [0.2, 0.25) is 0 Å². The number of nitrogens with zero attached hydrogens (tertiary/aromatic N) is 4. The van der Waals surface area contributed by atoms with Crippen LogP contribution in [-0.4, -0.2) is 26.1 Å². The molecular formula is C14H21N5O. The second-order valence-electron chi connectivity index (χ2n) is 7.10. The first kappa shape index (κ1) is 12.3. The number of rotatable bonds is 3. The maximum Gasteiger partial charge on any atom is 0.226 e. The summed E-state index contributed by atoms with van der Waals surface area (Å²) in [5, 5.41) is 14.4. The summed E-state index contributed by atoms with van der Waals surface area (Å²) in [5.41, 5.74) is -0.0826. The molecule has 0 aromatic carbocycles. The number of nitrogens with one attached hydrogen (secondary N) is 1. The van der Waals surface area contributed by atoms with Crippen LogP contribution in [-0.2, 0) is 18.4 Å². The molecule has 1 aromatic heterocycles. The fourth-order valence-electron chi connectivity index (χ4n) is 5.13. The van der Waals surface area contributed by atoms with E-state index in [1.165, 1.54) is 19.3 Å². The van der Waals surface area contributed by atoms with E-state index in [9.17, 15) is 4.79 Å². The van der Waals surface area contributed by atoms with Crippen LogP contribution in [0.3, 0.4) is 0 Å². The van der Waals surface area contributed by atoms with Crippen molar-refractivity contribution in [3.63, 3.8) is 0 Å². The molecule has 0 radical (unpaired) electrons. The Kier molecular flexibility index (Phi) is 2.62. The zero-order chi connectivity index (χ0) is 13.7. The van der Waals surface area contributed by atoms with Crippen LogP contribution < -0.4 is 5.32 Å². The summed E-state index contributed by atoms with van der Waals surface area (Å²) in [6.45, 7) is 0.435. The van der Waals surface area contributed by atoms with E-state index < -0.39 is 0 Å². The van der Waals surface area contributed by atoms with Gasteiger partial charge in [-0.15, -0.1) is 5.10 Å². The zero-order valence-corrected chi connectivity index (χ0v) is 11.9. The topological polar surface area (TPSA) is 72.7 Å². The van der Waals surface area contributed by atoms with Gasteiger partial charge in [0.2, 0.25) is 5.91 Å². The molecule has 4 bridgehead atoms. The molecule has 0 spiro atoms. The fraction of sp³-hybridized carbons (Fsp3) is 0.857. The third-order valence-corrected chi connectivity index (χ3v) is 5.63. The van der Waals surface area contributed by atoms with Gasteiger partial charge in [0.05, 0.1) is 6.54 Å². The number of tetrazole rings is 1. The molecular weight excluding hydrogens is 254 g/mol. The first-order chi connectivity index (χ1) is 9.64. The van der Waals surface area contributed by atoms with E-state index in [0.29, 0.717) is 12.4 Å². The van der Waals surface area contributed by atoms with E-state index in [-0.39, 0.29) is 11.3 Å². The molecule has 20 heavy (non-hydrogen) atoms. The van der Waals surface area contributed by atoms with Crippen molar-refractivity contribution in [2.24, 2.45) is 30.2 Å². The Hall–Kier alpha value is -1.46. The van der Waals surface area contributed by atoms with E-state index >= 15 is 0 Å². The van der Waals surface area contributed by atoms with Gasteiger partial charge in [-0.2, -0.15) is 0 Å². The van der Waals surface area contributed by atoms with Crippen molar-refractivity contribution in [2.75, 3.05) is 0 Å². The highest BCUT2D eigenvalue weighted by Gasteiger charge is 2.54. The number of hydrogen-bond acceptors (Lipinski definition) is 4. The largest absolute Gasteiger partial charge is 0.348 e. The van der Waals surface area contributed by atoms with Gasteiger partial charge in [0, 0.05) is 12.5 Å². The maximum atomic E-state index is 12.7. The van der Waals surface area contributed by atoms with Crippen molar-refractivity contribution in [2.45, 2.75) is 45.1 Å². The molecule has 0 atom stereocenters. The summed E-state index contributed by atoms with van der Waals surface area (Å²) >= 11 is 0. The minimum Gasteiger partial charge on any atom is -0.348 e. The molecule has 1 heterocycles. The van der Waals surface area contributed by atoms with Gasteiger partial charge in [-0.05, 0) is 66.7 Å². The van der Waals surface area contributed by atoms with Gasteiger partial charge < -0.3 is 5.32 Å². The molecule has 108 valence electrons. The van der Waals surface area contributed by atoms with Crippen LogP contribution in [0.5, 0.6) is 0 Å². The number of hydrogen-bond donors (Lipinski definition) is 1. The van der Waals surface area contributed by atoms with Crippen LogP contribution in [0.25, 0.3) is 0 Å². The molecule has 4 fully saturated rings. The SMILES string of the molecule is Cn1nnnc1CNC(=O)C12CC3CC(CC(C3)C1)C2. The molecule has 0 saturated heterocycles. The van der Waals surface area contributed by atoms with Crippen LogP contribution in [0, 0.1) is 23.2 Å². The molecule has 0 unspecified atom stereocenters. The van der Waals surface area contributed by atoms with E-state index in [2.05, 4.69) is 20.8 Å². The average Bonchev–Trinajstić information content (AvgIpc) is 2.80. The summed E-state index contributed by atoms with van der Waals surface area (Å²) in [6, 6.07) is 0. The molecule has 1 aromatic rings. The standard InChI is InChI=1S/C14H21N5O/c1-19-12(16-17-18-19)8-15-13(20)14-5-9-2-10(6-14)4-11(3-9)7-14/h9-11H,2-8H2,1H3,(H,15,20). The third-order valence-electron chi connectivity index (χ3n) is 5.63. The Morgan fingerprint density at radius 2 is 1.85 bits per heavy atom. The smallest absolute Gasteiger partial charge is 0.226 e. The summed E-state index contributed by atoms with van der Waals surface area (Å²) in [4.78, 5) is 12.7. The number of aromatic nitrogens is 4. The van der Waals surface area contributed by atoms with Gasteiger partial charge in [0.25, 0.3) is 0 Å². The Labute approximate surface area is 118 Å². The summed E-state index contributed by atoms with van der Waals surface area (Å²) in [7, 11) is 1.80. The first-order valence-electron chi connectivity index (χ1n) is 7.64. The summed E-state index contributed by atoms with van der Waals surface area (Å²) in [5.74, 6) is 3.33. The average molecular weight is 275 g/mol. The van der Waals surface area contributed by atoms with Crippen molar-refractivity contribution in [3.05, 3.63) is 5.82 Å². The predicted octanol–water partition coefficient (Wildman–Crippen LogP) is 1.04. The van der Waals surface area contributed by atoms with Crippen molar-refractivity contribution in [3.8, 4) is 0 Å². The van der Waals surface area contributed by atoms with Gasteiger partial charge in [-0.3, -0.25) is 4.79 Å². The highest BCUT2D eigenvalue weighted by Crippen LogP contribution is 2.60. The lowest BCUT2D eigenvalue weighted by atomic mass is 9.49. The first-order valence-corrected chi connectivity index (χ1v) is 7.64.